The third kappa shape index (κ3) is 3.56. The minimum atomic E-state index is -1.18. The highest BCUT2D eigenvalue weighted by Gasteiger charge is 2.49. The first-order valence-electron chi connectivity index (χ1n) is 9.36. The maximum Gasteiger partial charge on any atom is 0.261 e. The van der Waals surface area contributed by atoms with Gasteiger partial charge in [-0.05, 0) is 60.7 Å². The summed E-state index contributed by atoms with van der Waals surface area (Å²) >= 11 is 6.03. The van der Waals surface area contributed by atoms with Gasteiger partial charge in [-0.15, -0.1) is 0 Å². The standard InChI is InChI=1S/C21H21ClFN3O3/c1-26-19(27)21(25-20(26)24)6-2-3-7-28-12-29-18-5-4-13(10-17(18)21)14-8-15(22)11-16(23)9-14/h4-5,8-11H,2-3,6-7,12H2,1H3,(H2,24,25). The number of hydrogen-bond acceptors (Lipinski definition) is 5. The SMILES string of the molecule is CN1C(=O)C2(CCCCOCOc3ccc(-c4cc(F)cc(Cl)c4)cc32)N=C1N. The molecule has 2 heterocycles. The van der Waals surface area contributed by atoms with E-state index in [0.29, 0.717) is 40.5 Å². The van der Waals surface area contributed by atoms with Crippen LogP contribution in [0.1, 0.15) is 24.8 Å². The molecule has 6 nitrogen and oxygen atoms in total. The summed E-state index contributed by atoms with van der Waals surface area (Å²) in [4.78, 5) is 19.2. The molecule has 0 radical (unpaired) electrons. The predicted molar refractivity (Wildman–Crippen MR) is 108 cm³/mol. The molecule has 0 bridgehead atoms. The Morgan fingerprint density at radius 3 is 2.76 bits per heavy atom. The number of aliphatic imine (C=N–C) groups is 1. The van der Waals surface area contributed by atoms with Crippen molar-refractivity contribution in [2.24, 2.45) is 10.7 Å². The Balaban J connectivity index is 1.90. The summed E-state index contributed by atoms with van der Waals surface area (Å²) in [5.74, 6) is -0.00610. The molecule has 2 aliphatic heterocycles. The minimum Gasteiger partial charge on any atom is -0.467 e. The molecule has 2 N–H and O–H groups in total. The first-order valence-corrected chi connectivity index (χ1v) is 9.73. The Bertz CT molecular complexity index is 977. The van der Waals surface area contributed by atoms with E-state index in [1.54, 1.807) is 31.3 Å². The van der Waals surface area contributed by atoms with Gasteiger partial charge in [-0.3, -0.25) is 9.69 Å². The fraction of sp³-hybridized carbons (Fsp3) is 0.333. The number of nitrogens with zero attached hydrogens (tertiary/aromatic N) is 2. The molecule has 1 amide bonds. The topological polar surface area (TPSA) is 77.2 Å². The Morgan fingerprint density at radius 1 is 1.21 bits per heavy atom. The molecule has 8 heteroatoms. The highest BCUT2D eigenvalue weighted by molar-refractivity contribution is 6.30. The lowest BCUT2D eigenvalue weighted by molar-refractivity contribution is -0.131. The molecule has 0 fully saturated rings. The number of likely N-dealkylation sites (N-methyl/N-ethyl adjacent to an activating group) is 1. The first-order chi connectivity index (χ1) is 13.9. The average molecular weight is 418 g/mol. The smallest absolute Gasteiger partial charge is 0.261 e. The van der Waals surface area contributed by atoms with Gasteiger partial charge in [0.15, 0.2) is 18.3 Å². The van der Waals surface area contributed by atoms with Crippen LogP contribution < -0.4 is 10.5 Å². The average Bonchev–Trinajstić information content (AvgIpc) is 2.91. The first kappa shape index (κ1) is 19.7. The molecule has 1 atom stereocenters. The number of ether oxygens (including phenoxy) is 2. The monoisotopic (exact) mass is 417 g/mol. The normalized spacial score (nSPS) is 22.2. The molecule has 152 valence electrons. The Kier molecular flexibility index (Phi) is 5.19. The van der Waals surface area contributed by atoms with Crippen molar-refractivity contribution in [3.8, 4) is 16.9 Å². The quantitative estimate of drug-likeness (QED) is 0.768. The van der Waals surface area contributed by atoms with Crippen molar-refractivity contribution < 1.29 is 18.7 Å². The fourth-order valence-electron chi connectivity index (χ4n) is 3.80. The van der Waals surface area contributed by atoms with Crippen LogP contribution in [0.4, 0.5) is 4.39 Å². The van der Waals surface area contributed by atoms with E-state index in [4.69, 9.17) is 26.8 Å². The lowest BCUT2D eigenvalue weighted by Crippen LogP contribution is -2.41. The second kappa shape index (κ2) is 7.65. The van der Waals surface area contributed by atoms with Crippen LogP contribution >= 0.6 is 11.6 Å². The highest BCUT2D eigenvalue weighted by atomic mass is 35.5. The van der Waals surface area contributed by atoms with Gasteiger partial charge in [-0.1, -0.05) is 17.7 Å². The second-order valence-corrected chi connectivity index (χ2v) is 7.63. The van der Waals surface area contributed by atoms with Crippen molar-refractivity contribution in [1.29, 1.82) is 0 Å². The lowest BCUT2D eigenvalue weighted by atomic mass is 9.82. The van der Waals surface area contributed by atoms with Crippen LogP contribution in [0.5, 0.6) is 5.75 Å². The molecular weight excluding hydrogens is 397 g/mol. The molecule has 29 heavy (non-hydrogen) atoms. The van der Waals surface area contributed by atoms with Crippen molar-refractivity contribution >= 4 is 23.5 Å². The maximum atomic E-state index is 13.9. The van der Waals surface area contributed by atoms with E-state index in [1.165, 1.54) is 17.0 Å². The summed E-state index contributed by atoms with van der Waals surface area (Å²) in [7, 11) is 1.61. The van der Waals surface area contributed by atoms with Gasteiger partial charge in [0.1, 0.15) is 11.6 Å². The molecule has 1 spiro atoms. The maximum absolute atomic E-state index is 13.9. The number of rotatable bonds is 1. The predicted octanol–water partition coefficient (Wildman–Crippen LogP) is 3.66. The van der Waals surface area contributed by atoms with Gasteiger partial charge >= 0.3 is 0 Å². The van der Waals surface area contributed by atoms with Gasteiger partial charge in [0.05, 0.1) is 6.61 Å². The minimum absolute atomic E-state index is 0.0669. The Labute approximate surface area is 173 Å². The summed E-state index contributed by atoms with van der Waals surface area (Å²) in [5.41, 5.74) is 6.69. The van der Waals surface area contributed by atoms with Gasteiger partial charge in [0, 0.05) is 17.6 Å². The van der Waals surface area contributed by atoms with Crippen LogP contribution in [-0.4, -0.2) is 37.2 Å². The summed E-state index contributed by atoms with van der Waals surface area (Å²) in [5, 5.41) is 0.290. The highest BCUT2D eigenvalue weighted by Crippen LogP contribution is 2.44. The van der Waals surface area contributed by atoms with Crippen LogP contribution in [0.25, 0.3) is 11.1 Å². The number of halogens is 2. The number of guanidine groups is 1. The van der Waals surface area contributed by atoms with E-state index in [-0.39, 0.29) is 18.7 Å². The van der Waals surface area contributed by atoms with Gasteiger partial charge in [-0.2, -0.15) is 0 Å². The summed E-state index contributed by atoms with van der Waals surface area (Å²) in [6.45, 7) is 0.603. The molecule has 0 aliphatic carbocycles. The molecule has 2 aromatic carbocycles. The van der Waals surface area contributed by atoms with Crippen LogP contribution in [0.2, 0.25) is 5.02 Å². The number of amides is 1. The van der Waals surface area contributed by atoms with Crippen molar-refractivity contribution in [3.63, 3.8) is 0 Å². The Hall–Kier alpha value is -2.64. The van der Waals surface area contributed by atoms with Crippen LogP contribution in [0.15, 0.2) is 41.4 Å². The van der Waals surface area contributed by atoms with Gasteiger partial charge in [0.2, 0.25) is 0 Å². The fourth-order valence-corrected chi connectivity index (χ4v) is 4.02. The van der Waals surface area contributed by atoms with E-state index >= 15 is 0 Å². The molecule has 0 saturated carbocycles. The molecule has 4 rings (SSSR count). The van der Waals surface area contributed by atoms with Gasteiger partial charge in [0.25, 0.3) is 5.91 Å². The number of hydrogen-bond donors (Lipinski definition) is 1. The number of carbonyl (C=O) groups is 1. The van der Waals surface area contributed by atoms with Crippen LogP contribution in [0, 0.1) is 5.82 Å². The summed E-state index contributed by atoms with van der Waals surface area (Å²) < 4.78 is 25.2. The van der Waals surface area contributed by atoms with E-state index in [9.17, 15) is 9.18 Å². The van der Waals surface area contributed by atoms with Gasteiger partial charge < -0.3 is 15.2 Å². The largest absolute Gasteiger partial charge is 0.467 e. The number of fused-ring (bicyclic) bond motifs is 2. The van der Waals surface area contributed by atoms with E-state index < -0.39 is 11.4 Å². The zero-order valence-corrected chi connectivity index (χ0v) is 16.7. The summed E-state index contributed by atoms with van der Waals surface area (Å²) in [6.07, 6.45) is 1.96. The van der Waals surface area contributed by atoms with Crippen molar-refractivity contribution in [2.75, 3.05) is 20.4 Å². The second-order valence-electron chi connectivity index (χ2n) is 7.19. The van der Waals surface area contributed by atoms with Gasteiger partial charge in [-0.25, -0.2) is 9.38 Å². The number of nitrogens with two attached hydrogens (primary N) is 1. The number of carbonyl (C=O) groups excluding carboxylic acids is 1. The van der Waals surface area contributed by atoms with E-state index in [1.807, 2.05) is 0 Å². The number of benzene rings is 2. The van der Waals surface area contributed by atoms with Crippen molar-refractivity contribution in [1.82, 2.24) is 4.90 Å². The zero-order valence-electron chi connectivity index (χ0n) is 16.0. The molecule has 2 aromatic rings. The third-order valence-corrected chi connectivity index (χ3v) is 5.52. The van der Waals surface area contributed by atoms with Crippen LogP contribution in [-0.2, 0) is 15.1 Å². The summed E-state index contributed by atoms with van der Waals surface area (Å²) in [6, 6.07) is 9.64. The van der Waals surface area contributed by atoms with E-state index in [2.05, 4.69) is 4.99 Å². The van der Waals surface area contributed by atoms with E-state index in [0.717, 1.165) is 12.8 Å². The Morgan fingerprint density at radius 2 is 2.03 bits per heavy atom. The molecule has 0 saturated heterocycles. The lowest BCUT2D eigenvalue weighted by Gasteiger charge is -2.29. The molecule has 0 aromatic heterocycles. The zero-order chi connectivity index (χ0) is 20.6. The third-order valence-electron chi connectivity index (χ3n) is 5.30. The molecule has 1 unspecified atom stereocenters. The van der Waals surface area contributed by atoms with Crippen LogP contribution in [0.3, 0.4) is 0 Å². The molecular formula is C21H21ClFN3O3. The van der Waals surface area contributed by atoms with Crippen molar-refractivity contribution in [3.05, 3.63) is 52.8 Å². The van der Waals surface area contributed by atoms with Crippen molar-refractivity contribution in [2.45, 2.75) is 24.8 Å². The molecule has 2 aliphatic rings.